The third-order valence-corrected chi connectivity index (χ3v) is 6.11. The summed E-state index contributed by atoms with van der Waals surface area (Å²) in [6.07, 6.45) is 0.637. The van der Waals surface area contributed by atoms with Gasteiger partial charge in [0, 0.05) is 42.5 Å². The predicted octanol–water partition coefficient (Wildman–Crippen LogP) is 5.02. The zero-order valence-corrected chi connectivity index (χ0v) is 20.6. The van der Waals surface area contributed by atoms with E-state index in [9.17, 15) is 4.79 Å². The number of aromatic amines is 1. The summed E-state index contributed by atoms with van der Waals surface area (Å²) in [5.74, 6) is 1.18. The number of benzene rings is 2. The summed E-state index contributed by atoms with van der Waals surface area (Å²) in [5, 5.41) is 5.48. The zero-order valence-electron chi connectivity index (χ0n) is 20.6. The molecule has 2 aromatic carbocycles. The number of carbonyl (C=O) groups is 1. The number of esters is 1. The van der Waals surface area contributed by atoms with E-state index in [0.717, 1.165) is 52.2 Å². The van der Waals surface area contributed by atoms with Gasteiger partial charge in [0.1, 0.15) is 17.3 Å². The van der Waals surface area contributed by atoms with Crippen LogP contribution in [0.1, 0.15) is 49.4 Å². The molecule has 0 aliphatic carbocycles. The fourth-order valence-electron chi connectivity index (χ4n) is 4.49. The summed E-state index contributed by atoms with van der Waals surface area (Å²) in [6, 6.07) is 16.7. The lowest BCUT2D eigenvalue weighted by Gasteiger charge is -2.30. The molecule has 0 atom stereocenters. The molecule has 0 saturated heterocycles. The molecule has 0 fully saturated rings. The quantitative estimate of drug-likeness (QED) is 0.342. The van der Waals surface area contributed by atoms with Crippen molar-refractivity contribution < 1.29 is 9.53 Å². The Morgan fingerprint density at radius 2 is 1.79 bits per heavy atom. The minimum Gasteiger partial charge on any atom is -0.465 e. The number of methoxy groups -OCH3 is 1. The number of nitrogens with one attached hydrogen (secondary N) is 2. The molecule has 2 heterocycles. The molecular weight excluding hydrogens is 426 g/mol. The van der Waals surface area contributed by atoms with Gasteiger partial charge in [-0.3, -0.25) is 4.90 Å². The van der Waals surface area contributed by atoms with Crippen LogP contribution >= 0.6 is 0 Å². The standard InChI is InChI=1S/C27H33N5O2/c1-17(2)32(18(3)4)14-13-28-25-24-21-12-11-20(27(33)34-5)16-22(21)29-26(24)31-23(30-25)15-19-9-7-6-8-10-19/h6-12,16-18H,13-15H2,1-5H3,(H2,28,29,30,31). The lowest BCUT2D eigenvalue weighted by Crippen LogP contribution is -2.40. The SMILES string of the molecule is COC(=O)c1ccc2c(c1)[nH]c1nc(Cc3ccccc3)nc(NCCN(C(C)C)C(C)C)c12. The number of aromatic nitrogens is 3. The Bertz CT molecular complexity index is 1270. The number of anilines is 1. The number of ether oxygens (including phenoxy) is 1. The van der Waals surface area contributed by atoms with Gasteiger partial charge in [-0.2, -0.15) is 0 Å². The van der Waals surface area contributed by atoms with Crippen LogP contribution in [0.3, 0.4) is 0 Å². The Morgan fingerprint density at radius 3 is 2.47 bits per heavy atom. The normalized spacial score (nSPS) is 11.8. The highest BCUT2D eigenvalue weighted by atomic mass is 16.5. The van der Waals surface area contributed by atoms with Crippen molar-refractivity contribution in [1.29, 1.82) is 0 Å². The second-order valence-corrected chi connectivity index (χ2v) is 9.10. The van der Waals surface area contributed by atoms with Gasteiger partial charge in [-0.15, -0.1) is 0 Å². The van der Waals surface area contributed by atoms with Crippen molar-refractivity contribution >= 4 is 33.7 Å². The van der Waals surface area contributed by atoms with Crippen molar-refractivity contribution in [2.24, 2.45) is 0 Å². The lowest BCUT2D eigenvalue weighted by atomic mass is 10.1. The maximum Gasteiger partial charge on any atom is 0.337 e. The maximum absolute atomic E-state index is 12.0. The third kappa shape index (κ3) is 5.04. The van der Waals surface area contributed by atoms with Gasteiger partial charge in [0.25, 0.3) is 0 Å². The van der Waals surface area contributed by atoms with Gasteiger partial charge >= 0.3 is 5.97 Å². The first-order valence-electron chi connectivity index (χ1n) is 11.8. The van der Waals surface area contributed by atoms with Crippen molar-refractivity contribution in [3.8, 4) is 0 Å². The second kappa shape index (κ2) is 10.2. The molecule has 0 radical (unpaired) electrons. The molecule has 0 unspecified atom stereocenters. The number of hydrogen-bond donors (Lipinski definition) is 2. The van der Waals surface area contributed by atoms with E-state index in [1.165, 1.54) is 7.11 Å². The van der Waals surface area contributed by atoms with Crippen molar-refractivity contribution in [1.82, 2.24) is 19.9 Å². The molecule has 2 aromatic heterocycles. The first-order chi connectivity index (χ1) is 16.4. The highest BCUT2D eigenvalue weighted by Crippen LogP contribution is 2.31. The summed E-state index contributed by atoms with van der Waals surface area (Å²) < 4.78 is 4.88. The third-order valence-electron chi connectivity index (χ3n) is 6.11. The number of H-pyrrole nitrogens is 1. The largest absolute Gasteiger partial charge is 0.465 e. The van der Waals surface area contributed by atoms with Crippen molar-refractivity contribution in [2.75, 3.05) is 25.5 Å². The summed E-state index contributed by atoms with van der Waals surface area (Å²) in [6.45, 7) is 10.6. The minimum absolute atomic E-state index is 0.364. The molecule has 7 heteroatoms. The van der Waals surface area contributed by atoms with Crippen molar-refractivity contribution in [3.05, 3.63) is 65.5 Å². The molecule has 0 spiro atoms. The number of fused-ring (bicyclic) bond motifs is 3. The van der Waals surface area contributed by atoms with E-state index >= 15 is 0 Å². The van der Waals surface area contributed by atoms with Gasteiger partial charge in [0.05, 0.1) is 18.1 Å². The van der Waals surface area contributed by atoms with Gasteiger partial charge in [-0.1, -0.05) is 36.4 Å². The minimum atomic E-state index is -0.364. The van der Waals surface area contributed by atoms with E-state index in [4.69, 9.17) is 14.7 Å². The Hall–Kier alpha value is -3.45. The van der Waals surface area contributed by atoms with Gasteiger partial charge < -0.3 is 15.0 Å². The van der Waals surface area contributed by atoms with Crippen LogP contribution in [-0.2, 0) is 11.2 Å². The predicted molar refractivity (Wildman–Crippen MR) is 137 cm³/mol. The van der Waals surface area contributed by atoms with Crippen molar-refractivity contribution in [3.63, 3.8) is 0 Å². The smallest absolute Gasteiger partial charge is 0.337 e. The van der Waals surface area contributed by atoms with E-state index in [1.807, 2.05) is 30.3 Å². The van der Waals surface area contributed by atoms with Crippen LogP contribution in [0.5, 0.6) is 0 Å². The molecule has 0 saturated carbocycles. The molecule has 0 aliphatic rings. The maximum atomic E-state index is 12.0. The number of carbonyl (C=O) groups excluding carboxylic acids is 1. The number of nitrogens with zero attached hydrogens (tertiary/aromatic N) is 3. The molecule has 4 rings (SSSR count). The van der Waals surface area contributed by atoms with Crippen LogP contribution in [0.2, 0.25) is 0 Å². The first kappa shape index (κ1) is 23.7. The number of hydrogen-bond acceptors (Lipinski definition) is 6. The first-order valence-corrected chi connectivity index (χ1v) is 11.8. The second-order valence-electron chi connectivity index (χ2n) is 9.10. The molecule has 7 nitrogen and oxygen atoms in total. The van der Waals surface area contributed by atoms with Crippen LogP contribution in [0.25, 0.3) is 21.9 Å². The van der Waals surface area contributed by atoms with Crippen molar-refractivity contribution in [2.45, 2.75) is 46.2 Å². The highest BCUT2D eigenvalue weighted by molar-refractivity contribution is 6.12. The number of rotatable bonds is 9. The molecule has 0 amide bonds. The van der Waals surface area contributed by atoms with E-state index in [2.05, 4.69) is 55.0 Å². The molecule has 4 aromatic rings. The van der Waals surface area contributed by atoms with Gasteiger partial charge in [0.15, 0.2) is 0 Å². The highest BCUT2D eigenvalue weighted by Gasteiger charge is 2.17. The van der Waals surface area contributed by atoms with Crippen LogP contribution in [-0.4, -0.2) is 58.1 Å². The molecular formula is C27H33N5O2. The lowest BCUT2D eigenvalue weighted by molar-refractivity contribution is 0.0601. The van der Waals surface area contributed by atoms with E-state index < -0.39 is 0 Å². The van der Waals surface area contributed by atoms with E-state index in [-0.39, 0.29) is 5.97 Å². The fraction of sp³-hybridized carbons (Fsp3) is 0.370. The molecule has 0 bridgehead atoms. The van der Waals surface area contributed by atoms with Gasteiger partial charge in [0.2, 0.25) is 0 Å². The Kier molecular flexibility index (Phi) is 7.12. The van der Waals surface area contributed by atoms with Crippen LogP contribution in [0.15, 0.2) is 48.5 Å². The molecule has 2 N–H and O–H groups in total. The van der Waals surface area contributed by atoms with Crippen LogP contribution in [0, 0.1) is 0 Å². The monoisotopic (exact) mass is 459 g/mol. The van der Waals surface area contributed by atoms with Crippen LogP contribution < -0.4 is 5.32 Å². The molecule has 0 aliphatic heterocycles. The summed E-state index contributed by atoms with van der Waals surface area (Å²) in [7, 11) is 1.39. The van der Waals surface area contributed by atoms with Gasteiger partial charge in [-0.25, -0.2) is 14.8 Å². The van der Waals surface area contributed by atoms with E-state index in [1.54, 1.807) is 6.07 Å². The summed E-state index contributed by atoms with van der Waals surface area (Å²) in [4.78, 5) is 27.6. The fourth-order valence-corrected chi connectivity index (χ4v) is 4.49. The van der Waals surface area contributed by atoms with E-state index in [0.29, 0.717) is 24.1 Å². The molecule has 34 heavy (non-hydrogen) atoms. The average Bonchev–Trinajstić information content (AvgIpc) is 3.19. The average molecular weight is 460 g/mol. The summed E-state index contributed by atoms with van der Waals surface area (Å²) >= 11 is 0. The Morgan fingerprint density at radius 1 is 1.06 bits per heavy atom. The zero-order chi connectivity index (χ0) is 24.2. The topological polar surface area (TPSA) is 83.1 Å². The van der Waals surface area contributed by atoms with Crippen LogP contribution in [0.4, 0.5) is 5.82 Å². The summed E-state index contributed by atoms with van der Waals surface area (Å²) in [5.41, 5.74) is 3.24. The molecule has 178 valence electrons. The van der Waals surface area contributed by atoms with Gasteiger partial charge in [-0.05, 0) is 45.4 Å². The Labute approximate surface area is 200 Å². The Balaban J connectivity index is 1.73.